The van der Waals surface area contributed by atoms with Gasteiger partial charge in [0.15, 0.2) is 11.5 Å². The molecule has 8 nitrogen and oxygen atoms in total. The molecule has 1 amide bonds. The predicted molar refractivity (Wildman–Crippen MR) is 112 cm³/mol. The zero-order chi connectivity index (χ0) is 21.1. The fraction of sp³-hybridized carbons (Fsp3) is 0.429. The van der Waals surface area contributed by atoms with E-state index in [1.165, 1.54) is 7.11 Å². The van der Waals surface area contributed by atoms with Gasteiger partial charge in [-0.25, -0.2) is 4.79 Å². The second-order valence-corrected chi connectivity index (χ2v) is 7.73. The standard InChI is InChI=1S/C21H24ClN3O5/c1-28-21(27)17-3-2-6-25(17)14-4-7-24(8-5-14)13-20(26)23-16-12-19-18(11-15(16)22)29-9-10-30-19/h2-3,6,11-12,14H,4-5,7-10,13H2,1H3,(H,23,26). The highest BCUT2D eigenvalue weighted by molar-refractivity contribution is 6.34. The van der Waals surface area contributed by atoms with Gasteiger partial charge < -0.3 is 24.1 Å². The third-order valence-corrected chi connectivity index (χ3v) is 5.71. The first-order chi connectivity index (χ1) is 14.5. The van der Waals surface area contributed by atoms with Crippen LogP contribution >= 0.6 is 11.6 Å². The molecule has 30 heavy (non-hydrogen) atoms. The van der Waals surface area contributed by atoms with E-state index in [1.54, 1.807) is 18.2 Å². The van der Waals surface area contributed by atoms with Crippen molar-refractivity contribution in [2.24, 2.45) is 0 Å². The summed E-state index contributed by atoms with van der Waals surface area (Å²) in [6, 6.07) is 7.18. The average molecular weight is 434 g/mol. The van der Waals surface area contributed by atoms with Crippen molar-refractivity contribution in [3.8, 4) is 11.5 Å². The van der Waals surface area contributed by atoms with Crippen molar-refractivity contribution < 1.29 is 23.8 Å². The van der Waals surface area contributed by atoms with Gasteiger partial charge in [-0.3, -0.25) is 9.69 Å². The molecule has 1 aromatic heterocycles. The third kappa shape index (κ3) is 4.39. The number of hydrogen-bond acceptors (Lipinski definition) is 6. The number of rotatable bonds is 5. The van der Waals surface area contributed by atoms with Crippen LogP contribution in [0.4, 0.5) is 5.69 Å². The molecule has 2 aliphatic heterocycles. The molecule has 0 unspecified atom stereocenters. The average Bonchev–Trinajstić information content (AvgIpc) is 3.24. The number of carbonyl (C=O) groups is 2. The van der Waals surface area contributed by atoms with Crippen LogP contribution in [0.25, 0.3) is 0 Å². The lowest BCUT2D eigenvalue weighted by molar-refractivity contribution is -0.117. The van der Waals surface area contributed by atoms with E-state index in [2.05, 4.69) is 10.2 Å². The molecule has 0 atom stereocenters. The number of hydrogen-bond donors (Lipinski definition) is 1. The quantitative estimate of drug-likeness (QED) is 0.730. The minimum atomic E-state index is -0.335. The lowest BCUT2D eigenvalue weighted by Crippen LogP contribution is -2.40. The monoisotopic (exact) mass is 433 g/mol. The van der Waals surface area contributed by atoms with Crippen LogP contribution in [-0.4, -0.2) is 61.3 Å². The normalized spacial score (nSPS) is 16.9. The first-order valence-corrected chi connectivity index (χ1v) is 10.3. The van der Waals surface area contributed by atoms with Crippen LogP contribution in [0.1, 0.15) is 29.4 Å². The fourth-order valence-corrected chi connectivity index (χ4v) is 4.10. The Hall–Kier alpha value is -2.71. The van der Waals surface area contributed by atoms with Gasteiger partial charge in [0.1, 0.15) is 18.9 Å². The summed E-state index contributed by atoms with van der Waals surface area (Å²) in [5, 5.41) is 3.27. The van der Waals surface area contributed by atoms with Crippen LogP contribution in [-0.2, 0) is 9.53 Å². The lowest BCUT2D eigenvalue weighted by atomic mass is 10.0. The van der Waals surface area contributed by atoms with Gasteiger partial charge >= 0.3 is 5.97 Å². The summed E-state index contributed by atoms with van der Waals surface area (Å²) in [5.41, 5.74) is 1.07. The van der Waals surface area contributed by atoms with Gasteiger partial charge in [0, 0.05) is 37.5 Å². The first kappa shape index (κ1) is 20.6. The molecule has 0 bridgehead atoms. The van der Waals surface area contributed by atoms with E-state index in [-0.39, 0.29) is 24.5 Å². The number of amides is 1. The number of methoxy groups -OCH3 is 1. The smallest absolute Gasteiger partial charge is 0.354 e. The fourth-order valence-electron chi connectivity index (χ4n) is 3.90. The zero-order valence-electron chi connectivity index (χ0n) is 16.7. The summed E-state index contributed by atoms with van der Waals surface area (Å²) in [6.07, 6.45) is 3.59. The van der Waals surface area contributed by atoms with Gasteiger partial charge in [0.05, 0.1) is 24.4 Å². The van der Waals surface area contributed by atoms with Crippen molar-refractivity contribution in [1.29, 1.82) is 0 Å². The van der Waals surface area contributed by atoms with Crippen molar-refractivity contribution in [2.45, 2.75) is 18.9 Å². The number of likely N-dealkylation sites (tertiary alicyclic amines) is 1. The van der Waals surface area contributed by atoms with Crippen LogP contribution < -0.4 is 14.8 Å². The van der Waals surface area contributed by atoms with Crippen molar-refractivity contribution in [2.75, 3.05) is 45.3 Å². The topological polar surface area (TPSA) is 82.0 Å². The molecule has 1 saturated heterocycles. The van der Waals surface area contributed by atoms with Gasteiger partial charge in [-0.15, -0.1) is 0 Å². The number of nitrogens with one attached hydrogen (secondary N) is 1. The Labute approximate surface area is 179 Å². The molecule has 2 aliphatic rings. The molecular formula is C21H24ClN3O5. The molecule has 4 rings (SSSR count). The van der Waals surface area contributed by atoms with Gasteiger partial charge in [-0.05, 0) is 25.0 Å². The molecule has 0 radical (unpaired) electrons. The largest absolute Gasteiger partial charge is 0.486 e. The minimum Gasteiger partial charge on any atom is -0.486 e. The van der Waals surface area contributed by atoms with E-state index in [9.17, 15) is 9.59 Å². The van der Waals surface area contributed by atoms with Gasteiger partial charge in [0.2, 0.25) is 5.91 Å². The highest BCUT2D eigenvalue weighted by Gasteiger charge is 2.25. The molecule has 3 heterocycles. The number of nitrogens with zero attached hydrogens (tertiary/aromatic N) is 2. The maximum atomic E-state index is 12.5. The number of fused-ring (bicyclic) bond motifs is 1. The number of anilines is 1. The van der Waals surface area contributed by atoms with E-state index in [0.717, 1.165) is 25.9 Å². The number of benzene rings is 1. The zero-order valence-corrected chi connectivity index (χ0v) is 17.5. The predicted octanol–water partition coefficient (Wildman–Crippen LogP) is 2.97. The number of ether oxygens (including phenoxy) is 3. The maximum absolute atomic E-state index is 12.5. The Bertz CT molecular complexity index is 937. The lowest BCUT2D eigenvalue weighted by Gasteiger charge is -2.32. The first-order valence-electron chi connectivity index (χ1n) is 9.91. The Balaban J connectivity index is 1.32. The number of aromatic nitrogens is 1. The van der Waals surface area contributed by atoms with Crippen LogP contribution in [0.3, 0.4) is 0 Å². The number of esters is 1. The van der Waals surface area contributed by atoms with Gasteiger partial charge in [0.25, 0.3) is 0 Å². The second-order valence-electron chi connectivity index (χ2n) is 7.32. The number of piperidine rings is 1. The Kier molecular flexibility index (Phi) is 6.15. The summed E-state index contributed by atoms with van der Waals surface area (Å²) in [6.45, 7) is 2.73. The second kappa shape index (κ2) is 8.97. The minimum absolute atomic E-state index is 0.136. The van der Waals surface area contributed by atoms with Gasteiger partial charge in [-0.1, -0.05) is 11.6 Å². The van der Waals surface area contributed by atoms with E-state index in [4.69, 9.17) is 25.8 Å². The molecule has 1 aromatic carbocycles. The summed E-state index contributed by atoms with van der Waals surface area (Å²) in [5.74, 6) is 0.693. The summed E-state index contributed by atoms with van der Waals surface area (Å²) < 4.78 is 17.9. The third-order valence-electron chi connectivity index (χ3n) is 5.40. The molecule has 160 valence electrons. The van der Waals surface area contributed by atoms with E-state index in [0.29, 0.717) is 41.1 Å². The highest BCUT2D eigenvalue weighted by Crippen LogP contribution is 2.38. The van der Waals surface area contributed by atoms with E-state index >= 15 is 0 Å². The maximum Gasteiger partial charge on any atom is 0.354 e. The molecule has 0 saturated carbocycles. The van der Waals surface area contributed by atoms with Crippen LogP contribution in [0, 0.1) is 0 Å². The molecular weight excluding hydrogens is 410 g/mol. The van der Waals surface area contributed by atoms with Crippen molar-refractivity contribution in [1.82, 2.24) is 9.47 Å². The summed E-state index contributed by atoms with van der Waals surface area (Å²) in [4.78, 5) is 26.5. The van der Waals surface area contributed by atoms with Crippen LogP contribution in [0.2, 0.25) is 5.02 Å². The van der Waals surface area contributed by atoms with E-state index < -0.39 is 0 Å². The Morgan fingerprint density at radius 1 is 1.20 bits per heavy atom. The van der Waals surface area contributed by atoms with Crippen LogP contribution in [0.5, 0.6) is 11.5 Å². The van der Waals surface area contributed by atoms with E-state index in [1.807, 2.05) is 16.8 Å². The molecule has 0 spiro atoms. The van der Waals surface area contributed by atoms with Crippen molar-refractivity contribution in [3.05, 3.63) is 41.2 Å². The van der Waals surface area contributed by atoms with Crippen LogP contribution in [0.15, 0.2) is 30.5 Å². The van der Waals surface area contributed by atoms with Crippen molar-refractivity contribution in [3.63, 3.8) is 0 Å². The molecule has 9 heteroatoms. The van der Waals surface area contributed by atoms with Crippen molar-refractivity contribution >= 4 is 29.2 Å². The van der Waals surface area contributed by atoms with Gasteiger partial charge in [-0.2, -0.15) is 0 Å². The Morgan fingerprint density at radius 3 is 2.60 bits per heavy atom. The summed E-state index contributed by atoms with van der Waals surface area (Å²) in [7, 11) is 1.38. The molecule has 1 fully saturated rings. The molecule has 0 aliphatic carbocycles. The summed E-state index contributed by atoms with van der Waals surface area (Å²) >= 11 is 6.27. The molecule has 1 N–H and O–H groups in total. The highest BCUT2D eigenvalue weighted by atomic mass is 35.5. The number of halogens is 1. The Morgan fingerprint density at radius 2 is 1.90 bits per heavy atom. The number of carbonyl (C=O) groups excluding carboxylic acids is 2. The molecule has 2 aromatic rings. The SMILES string of the molecule is COC(=O)c1cccn1C1CCN(CC(=O)Nc2cc3c(cc2Cl)OCCO3)CC1.